The van der Waals surface area contributed by atoms with E-state index in [1.165, 1.54) is 6.07 Å². The van der Waals surface area contributed by atoms with Crippen molar-refractivity contribution in [3.63, 3.8) is 0 Å². The van der Waals surface area contributed by atoms with Gasteiger partial charge in [0.05, 0.1) is 6.10 Å². The molecule has 0 radical (unpaired) electrons. The van der Waals surface area contributed by atoms with Crippen molar-refractivity contribution in [2.24, 2.45) is 11.8 Å². The fourth-order valence-corrected chi connectivity index (χ4v) is 5.41. The topological polar surface area (TPSA) is 55.7 Å². The van der Waals surface area contributed by atoms with E-state index in [9.17, 15) is 9.50 Å². The van der Waals surface area contributed by atoms with Crippen LogP contribution in [0.15, 0.2) is 36.7 Å². The minimum atomic E-state index is -0.192. The predicted molar refractivity (Wildman–Crippen MR) is 125 cm³/mol. The maximum atomic E-state index is 13.8. The molecule has 5 rings (SSSR count). The second-order valence-corrected chi connectivity index (χ2v) is 8.72. The first-order valence-electron chi connectivity index (χ1n) is 10.5. The lowest BCUT2D eigenvalue weighted by Gasteiger charge is -2.31. The summed E-state index contributed by atoms with van der Waals surface area (Å²) >= 11 is 0. The lowest BCUT2D eigenvalue weighted by molar-refractivity contribution is 0.145. The number of nitrogens with zero attached hydrogens (tertiary/aromatic N) is 5. The summed E-state index contributed by atoms with van der Waals surface area (Å²) in [5, 5.41) is 9.76. The molecule has 31 heavy (non-hydrogen) atoms. The lowest BCUT2D eigenvalue weighted by atomic mass is 9.89. The predicted octanol–water partition coefficient (Wildman–Crippen LogP) is 3.16. The fraction of sp³-hybridized carbons (Fsp3) is 0.545. The molecule has 6 nitrogen and oxygen atoms in total. The first kappa shape index (κ1) is 24.0. The van der Waals surface area contributed by atoms with Crippen LogP contribution in [0.3, 0.4) is 0 Å². The van der Waals surface area contributed by atoms with E-state index in [4.69, 9.17) is 0 Å². The number of benzene rings is 1. The molecule has 3 saturated heterocycles. The highest BCUT2D eigenvalue weighted by Crippen LogP contribution is 2.45. The summed E-state index contributed by atoms with van der Waals surface area (Å²) in [6, 6.07) is 9.37. The summed E-state index contributed by atoms with van der Waals surface area (Å²) < 4.78 is 13.8. The molecule has 170 valence electrons. The SMILES string of the molecule is CN1C[C@H]2CN(c3cc(N4CCC(O)CC4)ncn3)C[C@H]2[C@@H]1c1cccc(F)c1.Cl.Cl. The van der Waals surface area contributed by atoms with Crippen molar-refractivity contribution in [1.82, 2.24) is 14.9 Å². The third kappa shape index (κ3) is 4.75. The number of anilines is 2. The molecule has 1 aromatic heterocycles. The van der Waals surface area contributed by atoms with Crippen LogP contribution in [-0.4, -0.2) is 65.8 Å². The molecule has 1 aromatic carbocycles. The van der Waals surface area contributed by atoms with Crippen molar-refractivity contribution in [1.29, 1.82) is 0 Å². The van der Waals surface area contributed by atoms with Crippen molar-refractivity contribution < 1.29 is 9.50 Å². The van der Waals surface area contributed by atoms with Gasteiger partial charge < -0.3 is 14.9 Å². The van der Waals surface area contributed by atoms with Gasteiger partial charge in [0.15, 0.2) is 0 Å². The van der Waals surface area contributed by atoms with E-state index in [2.05, 4.69) is 37.8 Å². The molecule has 0 bridgehead atoms. The van der Waals surface area contributed by atoms with Crippen molar-refractivity contribution >= 4 is 36.4 Å². The van der Waals surface area contributed by atoms with Gasteiger partial charge in [0.1, 0.15) is 23.8 Å². The highest BCUT2D eigenvalue weighted by molar-refractivity contribution is 5.85. The van der Waals surface area contributed by atoms with Gasteiger partial charge in [-0.3, -0.25) is 4.90 Å². The minimum absolute atomic E-state index is 0. The van der Waals surface area contributed by atoms with Gasteiger partial charge in [-0.2, -0.15) is 0 Å². The molecule has 0 unspecified atom stereocenters. The van der Waals surface area contributed by atoms with Crippen LogP contribution in [0, 0.1) is 17.7 Å². The average Bonchev–Trinajstić information content (AvgIpc) is 3.25. The van der Waals surface area contributed by atoms with Crippen molar-refractivity contribution in [3.05, 3.63) is 48.0 Å². The number of hydrogen-bond acceptors (Lipinski definition) is 6. The van der Waals surface area contributed by atoms with Crippen LogP contribution in [0.25, 0.3) is 0 Å². The molecular weight excluding hydrogens is 440 g/mol. The van der Waals surface area contributed by atoms with E-state index in [0.29, 0.717) is 11.8 Å². The average molecular weight is 470 g/mol. The molecule has 0 saturated carbocycles. The summed E-state index contributed by atoms with van der Waals surface area (Å²) in [4.78, 5) is 16.0. The van der Waals surface area contributed by atoms with Crippen LogP contribution < -0.4 is 9.80 Å². The van der Waals surface area contributed by atoms with Gasteiger partial charge in [-0.25, -0.2) is 14.4 Å². The Kier molecular flexibility index (Phi) is 7.63. The van der Waals surface area contributed by atoms with Crippen molar-refractivity contribution in [2.75, 3.05) is 49.6 Å². The zero-order valence-electron chi connectivity index (χ0n) is 17.6. The van der Waals surface area contributed by atoms with E-state index in [0.717, 1.165) is 62.8 Å². The van der Waals surface area contributed by atoms with Crippen LogP contribution in [0.4, 0.5) is 16.0 Å². The van der Waals surface area contributed by atoms with E-state index < -0.39 is 0 Å². The number of aliphatic hydroxyl groups excluding tert-OH is 1. The first-order valence-corrected chi connectivity index (χ1v) is 10.5. The van der Waals surface area contributed by atoms with Crippen molar-refractivity contribution in [3.8, 4) is 0 Å². The summed E-state index contributed by atoms with van der Waals surface area (Å²) in [6.45, 7) is 4.57. The van der Waals surface area contributed by atoms with Crippen LogP contribution in [0.2, 0.25) is 0 Å². The maximum absolute atomic E-state index is 13.8. The second-order valence-electron chi connectivity index (χ2n) is 8.72. The molecule has 1 N–H and O–H groups in total. The summed E-state index contributed by atoms with van der Waals surface area (Å²) in [6.07, 6.45) is 3.03. The van der Waals surface area contributed by atoms with Gasteiger partial charge in [-0.05, 0) is 43.5 Å². The highest BCUT2D eigenvalue weighted by atomic mass is 35.5. The molecule has 0 spiro atoms. The Balaban J connectivity index is 0.00000136. The smallest absolute Gasteiger partial charge is 0.134 e. The third-order valence-electron chi connectivity index (χ3n) is 6.84. The van der Waals surface area contributed by atoms with Gasteiger partial charge in [-0.1, -0.05) is 12.1 Å². The standard InChI is InChI=1S/C22H28FN5O.2ClH/c1-26-11-16-12-28(13-19(16)22(26)15-3-2-4-17(23)9-15)21-10-20(24-14-25-21)27-7-5-18(29)6-8-27;;/h2-4,9-10,14,16,18-19,22,29H,5-8,11-13H2,1H3;2*1H/t16-,19+,22-;;/m0../s1. The molecule has 0 aliphatic carbocycles. The summed E-state index contributed by atoms with van der Waals surface area (Å²) in [5.74, 6) is 2.76. The zero-order chi connectivity index (χ0) is 20.0. The number of rotatable bonds is 3. The van der Waals surface area contributed by atoms with E-state index in [1.807, 2.05) is 12.1 Å². The van der Waals surface area contributed by atoms with Gasteiger partial charge in [-0.15, -0.1) is 24.8 Å². The largest absolute Gasteiger partial charge is 0.393 e. The van der Waals surface area contributed by atoms with Crippen LogP contribution in [-0.2, 0) is 0 Å². The molecule has 9 heteroatoms. The molecule has 3 fully saturated rings. The molecule has 3 aliphatic heterocycles. The van der Waals surface area contributed by atoms with Crippen LogP contribution in [0.5, 0.6) is 0 Å². The number of aromatic nitrogens is 2. The first-order chi connectivity index (χ1) is 14.1. The normalized spacial score (nSPS) is 26.4. The van der Waals surface area contributed by atoms with E-state index >= 15 is 0 Å². The Labute approximate surface area is 195 Å². The van der Waals surface area contributed by atoms with Gasteiger partial charge in [0.25, 0.3) is 0 Å². The highest BCUT2D eigenvalue weighted by Gasteiger charge is 2.46. The number of aliphatic hydroxyl groups is 1. The molecule has 3 aliphatic rings. The summed E-state index contributed by atoms with van der Waals surface area (Å²) in [7, 11) is 2.14. The number of halogens is 3. The maximum Gasteiger partial charge on any atom is 0.134 e. The Morgan fingerprint density at radius 1 is 0.968 bits per heavy atom. The number of likely N-dealkylation sites (tertiary alicyclic amines) is 1. The number of fused-ring (bicyclic) bond motifs is 1. The van der Waals surface area contributed by atoms with Crippen molar-refractivity contribution in [2.45, 2.75) is 25.0 Å². The zero-order valence-corrected chi connectivity index (χ0v) is 19.2. The second kappa shape index (κ2) is 9.86. The lowest BCUT2D eigenvalue weighted by Crippen LogP contribution is -2.36. The van der Waals surface area contributed by atoms with Gasteiger partial charge in [0, 0.05) is 50.7 Å². The number of hydrogen-bond donors (Lipinski definition) is 1. The summed E-state index contributed by atoms with van der Waals surface area (Å²) in [5.41, 5.74) is 1.07. The van der Waals surface area contributed by atoms with E-state index in [1.54, 1.807) is 12.4 Å². The monoisotopic (exact) mass is 469 g/mol. The van der Waals surface area contributed by atoms with Crippen LogP contribution in [0.1, 0.15) is 24.4 Å². The quantitative estimate of drug-likeness (QED) is 0.744. The molecule has 3 atom stereocenters. The number of piperidine rings is 1. The molecule has 2 aromatic rings. The Hall–Kier alpha value is -1.67. The Morgan fingerprint density at radius 3 is 2.39 bits per heavy atom. The van der Waals surface area contributed by atoms with Gasteiger partial charge in [0.2, 0.25) is 0 Å². The third-order valence-corrected chi connectivity index (χ3v) is 6.84. The Bertz CT molecular complexity index is 882. The molecule has 4 heterocycles. The fourth-order valence-electron chi connectivity index (χ4n) is 5.41. The van der Waals surface area contributed by atoms with E-state index in [-0.39, 0.29) is 42.8 Å². The Morgan fingerprint density at radius 2 is 1.68 bits per heavy atom. The van der Waals surface area contributed by atoms with Crippen LogP contribution >= 0.6 is 24.8 Å². The minimum Gasteiger partial charge on any atom is -0.393 e. The molecule has 0 amide bonds. The van der Waals surface area contributed by atoms with Gasteiger partial charge >= 0.3 is 0 Å². The molecular formula is C22H30Cl2FN5O.